The van der Waals surface area contributed by atoms with Gasteiger partial charge >= 0.3 is 5.97 Å². The predicted octanol–water partition coefficient (Wildman–Crippen LogP) is 1.89. The normalized spacial score (nSPS) is 18.2. The molecule has 0 N–H and O–H groups in total. The summed E-state index contributed by atoms with van der Waals surface area (Å²) < 4.78 is 30.8. The Morgan fingerprint density at radius 3 is 2.58 bits per heavy atom. The molecule has 0 radical (unpaired) electrons. The third-order valence-electron chi connectivity index (χ3n) is 2.95. The summed E-state index contributed by atoms with van der Waals surface area (Å²) in [4.78, 5) is 13.1. The summed E-state index contributed by atoms with van der Waals surface area (Å²) in [5, 5.41) is 7.64. The largest absolute Gasteiger partial charge is 0.461 e. The fraction of sp³-hybridized carbons (Fsp3) is 0.583. The second-order valence-corrected chi connectivity index (χ2v) is 4.34. The van der Waals surface area contributed by atoms with Gasteiger partial charge in [0.05, 0.1) is 6.61 Å². The number of hydrogen-bond donors (Lipinski definition) is 0. The number of carbonyl (C=O) groups is 1. The molecule has 0 spiro atoms. The summed E-state index contributed by atoms with van der Waals surface area (Å²) >= 11 is 0. The number of ether oxygens (including phenoxy) is 1. The van der Waals surface area contributed by atoms with Gasteiger partial charge in [-0.3, -0.25) is 0 Å². The molecule has 0 bridgehead atoms. The highest BCUT2D eigenvalue weighted by molar-refractivity contribution is 5.87. The van der Waals surface area contributed by atoms with Crippen LogP contribution in [0.15, 0.2) is 12.1 Å². The van der Waals surface area contributed by atoms with E-state index in [4.69, 9.17) is 4.74 Å². The van der Waals surface area contributed by atoms with E-state index in [-0.39, 0.29) is 38.2 Å². The molecule has 104 valence electrons. The number of hydrogen-bond acceptors (Lipinski definition) is 5. The number of anilines is 1. The molecule has 1 saturated heterocycles. The number of alkyl halides is 2. The smallest absolute Gasteiger partial charge is 0.358 e. The zero-order chi connectivity index (χ0) is 13.9. The maximum absolute atomic E-state index is 13.0. The maximum Gasteiger partial charge on any atom is 0.358 e. The average molecular weight is 271 g/mol. The van der Waals surface area contributed by atoms with E-state index >= 15 is 0 Å². The van der Waals surface area contributed by atoms with Crippen molar-refractivity contribution in [2.75, 3.05) is 24.6 Å². The molecule has 0 saturated carbocycles. The first-order chi connectivity index (χ1) is 9.02. The van der Waals surface area contributed by atoms with Gasteiger partial charge in [0.15, 0.2) is 11.5 Å². The zero-order valence-electron chi connectivity index (χ0n) is 10.6. The summed E-state index contributed by atoms with van der Waals surface area (Å²) in [6, 6.07) is 3.09. The maximum atomic E-state index is 13.0. The lowest BCUT2D eigenvalue weighted by molar-refractivity contribution is -0.0221. The standard InChI is InChI=1S/C12H15F2N3O2/c1-2-19-11(18)9-3-4-10(16-15-9)17-7-5-12(13,14)6-8-17/h3-4H,2,5-8H2,1H3. The van der Waals surface area contributed by atoms with Gasteiger partial charge in [0, 0.05) is 25.9 Å². The van der Waals surface area contributed by atoms with Gasteiger partial charge in [0.2, 0.25) is 0 Å². The fourth-order valence-electron chi connectivity index (χ4n) is 1.87. The van der Waals surface area contributed by atoms with Crippen molar-refractivity contribution >= 4 is 11.8 Å². The minimum atomic E-state index is -2.59. The molecule has 1 aromatic heterocycles. The Morgan fingerprint density at radius 2 is 2.05 bits per heavy atom. The van der Waals surface area contributed by atoms with Crippen LogP contribution in [-0.4, -0.2) is 41.8 Å². The molecule has 0 aromatic carbocycles. The van der Waals surface area contributed by atoms with Crippen LogP contribution in [0, 0.1) is 0 Å². The highest BCUT2D eigenvalue weighted by atomic mass is 19.3. The third kappa shape index (κ3) is 3.36. The molecule has 1 fully saturated rings. The van der Waals surface area contributed by atoms with E-state index in [0.29, 0.717) is 5.82 Å². The van der Waals surface area contributed by atoms with Crippen LogP contribution in [0.3, 0.4) is 0 Å². The zero-order valence-corrected chi connectivity index (χ0v) is 10.6. The summed E-state index contributed by atoms with van der Waals surface area (Å²) in [5.74, 6) is -2.62. The molecule has 0 atom stereocenters. The van der Waals surface area contributed by atoms with Gasteiger partial charge in [0.1, 0.15) is 0 Å². The van der Waals surface area contributed by atoms with Crippen LogP contribution < -0.4 is 4.90 Å². The van der Waals surface area contributed by atoms with Crippen LogP contribution in [-0.2, 0) is 4.74 Å². The number of esters is 1. The molecule has 2 rings (SSSR count). The fourth-order valence-corrected chi connectivity index (χ4v) is 1.87. The van der Waals surface area contributed by atoms with Crippen molar-refractivity contribution in [3.8, 4) is 0 Å². The van der Waals surface area contributed by atoms with Crippen molar-refractivity contribution < 1.29 is 18.3 Å². The lowest BCUT2D eigenvalue weighted by Crippen LogP contribution is -2.39. The molecule has 2 heterocycles. The quantitative estimate of drug-likeness (QED) is 0.786. The number of rotatable bonds is 3. The number of piperidine rings is 1. The van der Waals surface area contributed by atoms with Crippen LogP contribution in [0.5, 0.6) is 0 Å². The Labute approximate surface area is 109 Å². The van der Waals surface area contributed by atoms with Crippen LogP contribution in [0.2, 0.25) is 0 Å². The molecule has 1 aliphatic heterocycles. The molecule has 0 aliphatic carbocycles. The molecule has 0 unspecified atom stereocenters. The summed E-state index contributed by atoms with van der Waals surface area (Å²) in [6.45, 7) is 2.44. The van der Waals surface area contributed by atoms with Crippen LogP contribution in [0.4, 0.5) is 14.6 Å². The van der Waals surface area contributed by atoms with E-state index < -0.39 is 11.9 Å². The van der Waals surface area contributed by atoms with Gasteiger partial charge in [-0.15, -0.1) is 10.2 Å². The van der Waals surface area contributed by atoms with Gasteiger partial charge in [0.25, 0.3) is 5.92 Å². The Kier molecular flexibility index (Phi) is 3.92. The lowest BCUT2D eigenvalue weighted by Gasteiger charge is -2.32. The predicted molar refractivity (Wildman–Crippen MR) is 64.4 cm³/mol. The van der Waals surface area contributed by atoms with Gasteiger partial charge in [-0.2, -0.15) is 0 Å². The Hall–Kier alpha value is -1.79. The molecular weight excluding hydrogens is 256 g/mol. The highest BCUT2D eigenvalue weighted by Gasteiger charge is 2.34. The van der Waals surface area contributed by atoms with E-state index in [9.17, 15) is 13.6 Å². The van der Waals surface area contributed by atoms with Gasteiger partial charge in [-0.25, -0.2) is 13.6 Å². The monoisotopic (exact) mass is 271 g/mol. The Balaban J connectivity index is 2.01. The van der Waals surface area contributed by atoms with Crippen molar-refractivity contribution in [3.05, 3.63) is 17.8 Å². The minimum Gasteiger partial charge on any atom is -0.461 e. The third-order valence-corrected chi connectivity index (χ3v) is 2.95. The average Bonchev–Trinajstić information content (AvgIpc) is 2.39. The number of halogens is 2. The number of nitrogens with zero attached hydrogens (tertiary/aromatic N) is 3. The number of aromatic nitrogens is 2. The topological polar surface area (TPSA) is 55.3 Å². The van der Waals surface area contributed by atoms with Crippen molar-refractivity contribution in [2.45, 2.75) is 25.7 Å². The van der Waals surface area contributed by atoms with E-state index in [1.54, 1.807) is 17.9 Å². The molecule has 19 heavy (non-hydrogen) atoms. The van der Waals surface area contributed by atoms with E-state index in [0.717, 1.165) is 0 Å². The molecular formula is C12H15F2N3O2. The molecule has 0 amide bonds. The van der Waals surface area contributed by atoms with Crippen molar-refractivity contribution in [3.63, 3.8) is 0 Å². The van der Waals surface area contributed by atoms with E-state index in [1.165, 1.54) is 6.07 Å². The summed E-state index contributed by atoms with van der Waals surface area (Å²) in [5.41, 5.74) is 0.118. The minimum absolute atomic E-state index is 0.118. The van der Waals surface area contributed by atoms with Crippen LogP contribution in [0.25, 0.3) is 0 Å². The summed E-state index contributed by atoms with van der Waals surface area (Å²) in [6.07, 6.45) is -0.372. The second-order valence-electron chi connectivity index (χ2n) is 4.34. The van der Waals surface area contributed by atoms with Gasteiger partial charge in [-0.1, -0.05) is 0 Å². The van der Waals surface area contributed by atoms with Gasteiger partial charge < -0.3 is 9.64 Å². The first-order valence-electron chi connectivity index (χ1n) is 6.15. The molecule has 7 heteroatoms. The SMILES string of the molecule is CCOC(=O)c1ccc(N2CCC(F)(F)CC2)nn1. The van der Waals surface area contributed by atoms with Crippen molar-refractivity contribution in [1.29, 1.82) is 0 Å². The lowest BCUT2D eigenvalue weighted by atomic mass is 10.1. The van der Waals surface area contributed by atoms with Crippen molar-refractivity contribution in [2.24, 2.45) is 0 Å². The van der Waals surface area contributed by atoms with Crippen LogP contribution >= 0.6 is 0 Å². The van der Waals surface area contributed by atoms with Gasteiger partial charge in [-0.05, 0) is 19.1 Å². The van der Waals surface area contributed by atoms with E-state index in [1.807, 2.05) is 0 Å². The number of carbonyl (C=O) groups excluding carboxylic acids is 1. The Morgan fingerprint density at radius 1 is 1.37 bits per heavy atom. The molecule has 1 aliphatic rings. The Bertz CT molecular complexity index is 441. The second kappa shape index (κ2) is 5.46. The van der Waals surface area contributed by atoms with E-state index in [2.05, 4.69) is 10.2 Å². The summed E-state index contributed by atoms with van der Waals surface area (Å²) in [7, 11) is 0. The highest BCUT2D eigenvalue weighted by Crippen LogP contribution is 2.29. The molecule has 1 aromatic rings. The first-order valence-corrected chi connectivity index (χ1v) is 6.15. The van der Waals surface area contributed by atoms with Crippen molar-refractivity contribution in [1.82, 2.24) is 10.2 Å². The van der Waals surface area contributed by atoms with Crippen LogP contribution in [0.1, 0.15) is 30.3 Å². The first kappa shape index (κ1) is 13.6. The molecule has 5 nitrogen and oxygen atoms in total.